The van der Waals surface area contributed by atoms with E-state index in [2.05, 4.69) is 27.8 Å². The SMILES string of the molecule is CCN(Cc1ccco1)c1ccc(Br)cc1C(N)=S. The van der Waals surface area contributed by atoms with Crippen molar-refractivity contribution in [1.29, 1.82) is 0 Å². The molecular weight excluding hydrogens is 324 g/mol. The summed E-state index contributed by atoms with van der Waals surface area (Å²) in [5, 5.41) is 0. The van der Waals surface area contributed by atoms with E-state index in [-0.39, 0.29) is 0 Å². The molecule has 0 bridgehead atoms. The summed E-state index contributed by atoms with van der Waals surface area (Å²) in [6, 6.07) is 9.80. The topological polar surface area (TPSA) is 42.4 Å². The second-order valence-corrected chi connectivity index (χ2v) is 5.47. The van der Waals surface area contributed by atoms with Gasteiger partial charge in [0.1, 0.15) is 10.7 Å². The largest absolute Gasteiger partial charge is 0.467 e. The van der Waals surface area contributed by atoms with E-state index in [0.717, 1.165) is 28.0 Å². The van der Waals surface area contributed by atoms with Crippen molar-refractivity contribution in [3.05, 3.63) is 52.4 Å². The molecule has 1 heterocycles. The lowest BCUT2D eigenvalue weighted by molar-refractivity contribution is 0.503. The molecule has 19 heavy (non-hydrogen) atoms. The van der Waals surface area contributed by atoms with Crippen LogP contribution in [0.25, 0.3) is 0 Å². The Bertz CT molecular complexity index is 569. The molecule has 5 heteroatoms. The number of nitrogens with zero attached hydrogens (tertiary/aromatic N) is 1. The number of anilines is 1. The zero-order chi connectivity index (χ0) is 13.8. The second kappa shape index (κ2) is 6.21. The number of benzene rings is 1. The third-order valence-corrected chi connectivity index (χ3v) is 3.59. The van der Waals surface area contributed by atoms with Crippen LogP contribution in [0.4, 0.5) is 5.69 Å². The maximum absolute atomic E-state index is 5.81. The third kappa shape index (κ3) is 3.36. The van der Waals surface area contributed by atoms with Crippen molar-refractivity contribution in [2.24, 2.45) is 5.73 Å². The molecular formula is C14H15BrN2OS. The van der Waals surface area contributed by atoms with E-state index in [1.165, 1.54) is 0 Å². The molecule has 0 fully saturated rings. The molecule has 0 aliphatic carbocycles. The van der Waals surface area contributed by atoms with Crippen LogP contribution < -0.4 is 10.6 Å². The van der Waals surface area contributed by atoms with Gasteiger partial charge in [0.05, 0.1) is 12.8 Å². The number of halogens is 1. The normalized spacial score (nSPS) is 10.4. The molecule has 1 aromatic heterocycles. The standard InChI is InChI=1S/C14H15BrN2OS/c1-2-17(9-11-4-3-7-18-11)13-6-5-10(15)8-12(13)14(16)19/h3-8H,2,9H2,1H3,(H2,16,19). The minimum Gasteiger partial charge on any atom is -0.467 e. The lowest BCUT2D eigenvalue weighted by atomic mass is 10.1. The van der Waals surface area contributed by atoms with Crippen LogP contribution in [0.1, 0.15) is 18.2 Å². The number of furan rings is 1. The van der Waals surface area contributed by atoms with Gasteiger partial charge in [-0.05, 0) is 37.3 Å². The highest BCUT2D eigenvalue weighted by Gasteiger charge is 2.13. The van der Waals surface area contributed by atoms with Crippen LogP contribution in [0.15, 0.2) is 45.5 Å². The first kappa shape index (κ1) is 14.1. The number of nitrogens with two attached hydrogens (primary N) is 1. The molecule has 0 unspecified atom stereocenters. The van der Waals surface area contributed by atoms with Crippen LogP contribution in [0.2, 0.25) is 0 Å². The number of rotatable bonds is 5. The highest BCUT2D eigenvalue weighted by Crippen LogP contribution is 2.26. The molecule has 100 valence electrons. The fourth-order valence-electron chi connectivity index (χ4n) is 1.94. The van der Waals surface area contributed by atoms with E-state index in [1.54, 1.807) is 6.26 Å². The molecule has 0 aliphatic rings. The molecule has 2 aromatic rings. The molecule has 0 saturated carbocycles. The summed E-state index contributed by atoms with van der Waals surface area (Å²) in [6.07, 6.45) is 1.68. The Balaban J connectivity index is 2.35. The van der Waals surface area contributed by atoms with Gasteiger partial charge in [-0.2, -0.15) is 0 Å². The molecule has 2 rings (SSSR count). The zero-order valence-electron chi connectivity index (χ0n) is 10.6. The minimum atomic E-state index is 0.397. The van der Waals surface area contributed by atoms with Crippen molar-refractivity contribution in [2.75, 3.05) is 11.4 Å². The van der Waals surface area contributed by atoms with Crippen molar-refractivity contribution in [2.45, 2.75) is 13.5 Å². The molecule has 0 aliphatic heterocycles. The smallest absolute Gasteiger partial charge is 0.123 e. The third-order valence-electron chi connectivity index (χ3n) is 2.87. The van der Waals surface area contributed by atoms with Gasteiger partial charge in [0.25, 0.3) is 0 Å². The Morgan fingerprint density at radius 2 is 2.21 bits per heavy atom. The predicted molar refractivity (Wildman–Crippen MR) is 85.5 cm³/mol. The van der Waals surface area contributed by atoms with Crippen LogP contribution in [0, 0.1) is 0 Å². The van der Waals surface area contributed by atoms with E-state index in [9.17, 15) is 0 Å². The van der Waals surface area contributed by atoms with E-state index < -0.39 is 0 Å². The molecule has 0 amide bonds. The van der Waals surface area contributed by atoms with Gasteiger partial charge >= 0.3 is 0 Å². The van der Waals surface area contributed by atoms with E-state index in [0.29, 0.717) is 11.5 Å². The lowest BCUT2D eigenvalue weighted by Crippen LogP contribution is -2.25. The summed E-state index contributed by atoms with van der Waals surface area (Å²) in [5.41, 5.74) is 7.71. The van der Waals surface area contributed by atoms with Crippen LogP contribution in [0.5, 0.6) is 0 Å². The monoisotopic (exact) mass is 338 g/mol. The summed E-state index contributed by atoms with van der Waals surface area (Å²) < 4.78 is 6.36. The lowest BCUT2D eigenvalue weighted by Gasteiger charge is -2.24. The van der Waals surface area contributed by atoms with Crippen molar-refractivity contribution in [3.63, 3.8) is 0 Å². The van der Waals surface area contributed by atoms with Gasteiger partial charge < -0.3 is 15.1 Å². The number of hydrogen-bond donors (Lipinski definition) is 1. The van der Waals surface area contributed by atoms with E-state index in [1.807, 2.05) is 30.3 Å². The van der Waals surface area contributed by atoms with Crippen molar-refractivity contribution in [3.8, 4) is 0 Å². The van der Waals surface area contributed by atoms with E-state index in [4.69, 9.17) is 22.4 Å². The first-order chi connectivity index (χ1) is 9.11. The number of hydrogen-bond acceptors (Lipinski definition) is 3. The van der Waals surface area contributed by atoms with Crippen LogP contribution in [-0.4, -0.2) is 11.5 Å². The van der Waals surface area contributed by atoms with Gasteiger partial charge in [0, 0.05) is 22.3 Å². The van der Waals surface area contributed by atoms with Gasteiger partial charge in [0.15, 0.2) is 0 Å². The fraction of sp³-hybridized carbons (Fsp3) is 0.214. The zero-order valence-corrected chi connectivity index (χ0v) is 13.0. The first-order valence-corrected chi connectivity index (χ1v) is 7.18. The Morgan fingerprint density at radius 3 is 2.79 bits per heavy atom. The molecule has 2 N–H and O–H groups in total. The summed E-state index contributed by atoms with van der Waals surface area (Å²) in [5.74, 6) is 0.915. The highest BCUT2D eigenvalue weighted by atomic mass is 79.9. The maximum atomic E-state index is 5.81. The molecule has 0 atom stereocenters. The Morgan fingerprint density at radius 1 is 1.42 bits per heavy atom. The Kier molecular flexibility index (Phi) is 4.61. The van der Waals surface area contributed by atoms with Crippen LogP contribution in [0.3, 0.4) is 0 Å². The first-order valence-electron chi connectivity index (χ1n) is 5.98. The molecule has 3 nitrogen and oxygen atoms in total. The van der Waals surface area contributed by atoms with Gasteiger partial charge in [-0.3, -0.25) is 0 Å². The van der Waals surface area contributed by atoms with Crippen molar-refractivity contribution in [1.82, 2.24) is 0 Å². The van der Waals surface area contributed by atoms with Crippen LogP contribution >= 0.6 is 28.1 Å². The van der Waals surface area contributed by atoms with Crippen molar-refractivity contribution >= 4 is 38.8 Å². The highest BCUT2D eigenvalue weighted by molar-refractivity contribution is 9.10. The van der Waals surface area contributed by atoms with Gasteiger partial charge in [0.2, 0.25) is 0 Å². The van der Waals surface area contributed by atoms with Gasteiger partial charge in [-0.1, -0.05) is 28.1 Å². The Labute approximate surface area is 126 Å². The van der Waals surface area contributed by atoms with Gasteiger partial charge in [-0.15, -0.1) is 0 Å². The summed E-state index contributed by atoms with van der Waals surface area (Å²) >= 11 is 8.58. The molecule has 1 aromatic carbocycles. The fourth-order valence-corrected chi connectivity index (χ4v) is 2.46. The maximum Gasteiger partial charge on any atom is 0.123 e. The molecule has 0 spiro atoms. The average molecular weight is 339 g/mol. The minimum absolute atomic E-state index is 0.397. The molecule has 0 radical (unpaired) electrons. The van der Waals surface area contributed by atoms with E-state index >= 15 is 0 Å². The Hall–Kier alpha value is -1.33. The second-order valence-electron chi connectivity index (χ2n) is 4.12. The van der Waals surface area contributed by atoms with Gasteiger partial charge in [-0.25, -0.2) is 0 Å². The molecule has 0 saturated heterocycles. The average Bonchev–Trinajstić information content (AvgIpc) is 2.89. The predicted octanol–water partition coefficient (Wildman–Crippen LogP) is 3.70. The van der Waals surface area contributed by atoms with Crippen molar-refractivity contribution < 1.29 is 4.42 Å². The van der Waals surface area contributed by atoms with Crippen LogP contribution in [-0.2, 0) is 6.54 Å². The quantitative estimate of drug-likeness (QED) is 0.844. The summed E-state index contributed by atoms with van der Waals surface area (Å²) in [7, 11) is 0. The summed E-state index contributed by atoms with van der Waals surface area (Å²) in [4.78, 5) is 2.58. The summed E-state index contributed by atoms with van der Waals surface area (Å²) in [6.45, 7) is 3.63. The number of thiocarbonyl (C=S) groups is 1.